The number of aromatic amines is 2. The lowest BCUT2D eigenvalue weighted by atomic mass is 10.1. The van der Waals surface area contributed by atoms with Crippen molar-refractivity contribution in [2.75, 3.05) is 0 Å². The Morgan fingerprint density at radius 1 is 1.27 bits per heavy atom. The van der Waals surface area contributed by atoms with Crippen molar-refractivity contribution in [1.82, 2.24) is 9.97 Å². The Morgan fingerprint density at radius 2 is 2.00 bits per heavy atom. The SMILES string of the molecule is CCc1cc(S)cc2c(=O)[nH]c(=O)[nH]c12. The number of fused-ring (bicyclic) bond motifs is 1. The van der Waals surface area contributed by atoms with Gasteiger partial charge in [-0.3, -0.25) is 9.78 Å². The molecule has 0 aliphatic carbocycles. The molecular formula is C10H10N2O2S. The highest BCUT2D eigenvalue weighted by Crippen LogP contribution is 2.18. The summed E-state index contributed by atoms with van der Waals surface area (Å²) < 4.78 is 0. The number of aryl methyl sites for hydroxylation is 1. The molecule has 0 amide bonds. The summed E-state index contributed by atoms with van der Waals surface area (Å²) in [6.45, 7) is 1.96. The first kappa shape index (κ1) is 10.0. The van der Waals surface area contributed by atoms with Crippen LogP contribution in [0.15, 0.2) is 26.6 Å². The molecule has 2 aromatic rings. The van der Waals surface area contributed by atoms with Crippen molar-refractivity contribution in [2.45, 2.75) is 18.2 Å². The quantitative estimate of drug-likeness (QED) is 0.632. The van der Waals surface area contributed by atoms with E-state index in [0.29, 0.717) is 10.9 Å². The molecule has 0 aliphatic heterocycles. The number of nitrogens with one attached hydrogen (secondary N) is 2. The summed E-state index contributed by atoms with van der Waals surface area (Å²) in [5.41, 5.74) is 0.665. The Balaban J connectivity index is 3.03. The maximum Gasteiger partial charge on any atom is 0.326 e. The van der Waals surface area contributed by atoms with Crippen molar-refractivity contribution < 1.29 is 0 Å². The second-order valence-electron chi connectivity index (χ2n) is 3.29. The average Bonchev–Trinajstić information content (AvgIpc) is 2.18. The molecule has 2 rings (SSSR count). The van der Waals surface area contributed by atoms with Crippen LogP contribution in [0, 0.1) is 0 Å². The monoisotopic (exact) mass is 222 g/mol. The predicted molar refractivity (Wildman–Crippen MR) is 61.8 cm³/mol. The zero-order valence-electron chi connectivity index (χ0n) is 8.13. The Bertz CT molecular complexity index is 627. The number of H-pyrrole nitrogens is 2. The van der Waals surface area contributed by atoms with Crippen LogP contribution >= 0.6 is 12.6 Å². The molecule has 1 heterocycles. The van der Waals surface area contributed by atoms with E-state index in [0.717, 1.165) is 16.9 Å². The van der Waals surface area contributed by atoms with Gasteiger partial charge in [-0.1, -0.05) is 6.92 Å². The highest BCUT2D eigenvalue weighted by atomic mass is 32.1. The summed E-state index contributed by atoms with van der Waals surface area (Å²) >= 11 is 4.21. The van der Waals surface area contributed by atoms with E-state index < -0.39 is 5.69 Å². The smallest absolute Gasteiger partial charge is 0.307 e. The summed E-state index contributed by atoms with van der Waals surface area (Å²) in [6.07, 6.45) is 0.740. The molecular weight excluding hydrogens is 212 g/mol. The van der Waals surface area contributed by atoms with Gasteiger partial charge in [-0.2, -0.15) is 0 Å². The lowest BCUT2D eigenvalue weighted by Gasteiger charge is -2.04. The van der Waals surface area contributed by atoms with Gasteiger partial charge in [0, 0.05) is 4.90 Å². The first-order valence-corrected chi connectivity index (χ1v) is 5.04. The normalized spacial score (nSPS) is 10.8. The lowest BCUT2D eigenvalue weighted by Crippen LogP contribution is -2.22. The molecule has 0 aliphatic rings. The van der Waals surface area contributed by atoms with Crippen LogP contribution in [0.3, 0.4) is 0 Å². The van der Waals surface area contributed by atoms with Crippen molar-refractivity contribution in [3.05, 3.63) is 38.5 Å². The van der Waals surface area contributed by atoms with Gasteiger partial charge in [0.2, 0.25) is 0 Å². The fourth-order valence-electron chi connectivity index (χ4n) is 1.61. The van der Waals surface area contributed by atoms with E-state index in [4.69, 9.17) is 0 Å². The van der Waals surface area contributed by atoms with Gasteiger partial charge >= 0.3 is 5.69 Å². The summed E-state index contributed by atoms with van der Waals surface area (Å²) in [6, 6.07) is 3.49. The van der Waals surface area contributed by atoms with E-state index in [1.165, 1.54) is 0 Å². The van der Waals surface area contributed by atoms with Crippen molar-refractivity contribution in [2.24, 2.45) is 0 Å². The van der Waals surface area contributed by atoms with E-state index in [2.05, 4.69) is 22.6 Å². The van der Waals surface area contributed by atoms with Crippen LogP contribution in [0.25, 0.3) is 10.9 Å². The minimum absolute atomic E-state index is 0.376. The molecule has 0 fully saturated rings. The van der Waals surface area contributed by atoms with Crippen molar-refractivity contribution in [3.63, 3.8) is 0 Å². The van der Waals surface area contributed by atoms with Gasteiger partial charge < -0.3 is 4.98 Å². The maximum absolute atomic E-state index is 11.5. The van der Waals surface area contributed by atoms with Crippen LogP contribution < -0.4 is 11.2 Å². The molecule has 1 aromatic carbocycles. The van der Waals surface area contributed by atoms with Gasteiger partial charge in [0.05, 0.1) is 10.9 Å². The largest absolute Gasteiger partial charge is 0.326 e. The van der Waals surface area contributed by atoms with Crippen LogP contribution in [0.1, 0.15) is 12.5 Å². The average molecular weight is 222 g/mol. The summed E-state index contributed by atoms with van der Waals surface area (Å²) in [4.78, 5) is 28.2. The second-order valence-corrected chi connectivity index (χ2v) is 3.81. The molecule has 0 saturated carbocycles. The molecule has 2 N–H and O–H groups in total. The van der Waals surface area contributed by atoms with Gasteiger partial charge in [0.25, 0.3) is 5.56 Å². The number of aromatic nitrogens is 2. The molecule has 0 bridgehead atoms. The van der Waals surface area contributed by atoms with Crippen LogP contribution in [0.4, 0.5) is 0 Å². The maximum atomic E-state index is 11.5. The molecule has 0 saturated heterocycles. The zero-order valence-corrected chi connectivity index (χ0v) is 9.02. The van der Waals surface area contributed by atoms with Crippen molar-refractivity contribution in [3.8, 4) is 0 Å². The van der Waals surface area contributed by atoms with Crippen LogP contribution in [-0.2, 0) is 6.42 Å². The first-order valence-electron chi connectivity index (χ1n) is 4.60. The van der Waals surface area contributed by atoms with Crippen molar-refractivity contribution in [1.29, 1.82) is 0 Å². The summed E-state index contributed by atoms with van der Waals surface area (Å²) in [7, 11) is 0. The third-order valence-corrected chi connectivity index (χ3v) is 2.55. The lowest BCUT2D eigenvalue weighted by molar-refractivity contribution is 1.05. The van der Waals surface area contributed by atoms with E-state index in [1.54, 1.807) is 6.07 Å². The summed E-state index contributed by atoms with van der Waals surface area (Å²) in [5.74, 6) is 0. The van der Waals surface area contributed by atoms with Gasteiger partial charge in [-0.15, -0.1) is 12.6 Å². The van der Waals surface area contributed by atoms with E-state index >= 15 is 0 Å². The van der Waals surface area contributed by atoms with Crippen molar-refractivity contribution >= 4 is 23.5 Å². The van der Waals surface area contributed by atoms with Crippen LogP contribution in [-0.4, -0.2) is 9.97 Å². The van der Waals surface area contributed by atoms with E-state index in [-0.39, 0.29) is 5.56 Å². The molecule has 0 unspecified atom stereocenters. The Morgan fingerprint density at radius 3 is 2.67 bits per heavy atom. The number of thiol groups is 1. The minimum Gasteiger partial charge on any atom is -0.307 e. The molecule has 0 atom stereocenters. The third kappa shape index (κ3) is 1.70. The van der Waals surface area contributed by atoms with Crippen LogP contribution in [0.2, 0.25) is 0 Å². The summed E-state index contributed by atoms with van der Waals surface area (Å²) in [5, 5.41) is 0.471. The zero-order chi connectivity index (χ0) is 11.0. The van der Waals surface area contributed by atoms with Gasteiger partial charge in [0.1, 0.15) is 0 Å². The third-order valence-electron chi connectivity index (χ3n) is 2.30. The van der Waals surface area contributed by atoms with Gasteiger partial charge in [-0.25, -0.2) is 4.79 Å². The molecule has 1 aromatic heterocycles. The van der Waals surface area contributed by atoms with Crippen LogP contribution in [0.5, 0.6) is 0 Å². The Labute approximate surface area is 90.8 Å². The Kier molecular flexibility index (Phi) is 2.40. The highest BCUT2D eigenvalue weighted by Gasteiger charge is 2.05. The van der Waals surface area contributed by atoms with Gasteiger partial charge in [-0.05, 0) is 24.1 Å². The minimum atomic E-state index is -0.478. The topological polar surface area (TPSA) is 65.7 Å². The predicted octanol–water partition coefficient (Wildman–Crippen LogP) is 1.07. The molecule has 4 nitrogen and oxygen atoms in total. The number of benzene rings is 1. The first-order chi connectivity index (χ1) is 7.11. The number of rotatable bonds is 1. The molecule has 0 radical (unpaired) electrons. The fraction of sp³-hybridized carbons (Fsp3) is 0.200. The molecule has 0 spiro atoms. The second kappa shape index (κ2) is 3.58. The number of hydrogen-bond donors (Lipinski definition) is 3. The van der Waals surface area contributed by atoms with Gasteiger partial charge in [0.15, 0.2) is 0 Å². The molecule has 15 heavy (non-hydrogen) atoms. The van der Waals surface area contributed by atoms with E-state index in [1.807, 2.05) is 13.0 Å². The highest BCUT2D eigenvalue weighted by molar-refractivity contribution is 7.80. The fourth-order valence-corrected chi connectivity index (χ4v) is 1.89. The van der Waals surface area contributed by atoms with E-state index in [9.17, 15) is 9.59 Å². The molecule has 78 valence electrons. The molecule has 5 heteroatoms. The Hall–Kier alpha value is -1.49. The number of hydrogen-bond acceptors (Lipinski definition) is 3. The standard InChI is InChI=1S/C10H10N2O2S/c1-2-5-3-6(15)4-7-8(5)11-10(14)12-9(7)13/h3-4,15H,2H2,1H3,(H2,11,12,13,14).